The lowest BCUT2D eigenvalue weighted by Gasteiger charge is -2.35. The van der Waals surface area contributed by atoms with E-state index in [0.717, 1.165) is 17.8 Å². The van der Waals surface area contributed by atoms with E-state index in [1.165, 1.54) is 32.1 Å². The van der Waals surface area contributed by atoms with Crippen LogP contribution in [0.3, 0.4) is 0 Å². The molecule has 0 aromatic carbocycles. The van der Waals surface area contributed by atoms with E-state index in [0.29, 0.717) is 5.38 Å². The van der Waals surface area contributed by atoms with Gasteiger partial charge in [-0.2, -0.15) is 0 Å². The Kier molecular flexibility index (Phi) is 4.58. The molecule has 0 nitrogen and oxygen atoms in total. The zero-order valence-electron chi connectivity index (χ0n) is 9.22. The zero-order chi connectivity index (χ0) is 9.84. The summed E-state index contributed by atoms with van der Waals surface area (Å²) in [7, 11) is 0. The van der Waals surface area contributed by atoms with Crippen molar-refractivity contribution in [1.29, 1.82) is 0 Å². The molecule has 0 heterocycles. The Labute approximate surface area is 88.1 Å². The first-order chi connectivity index (χ1) is 6.16. The summed E-state index contributed by atoms with van der Waals surface area (Å²) in [4.78, 5) is 0. The molecule has 78 valence electrons. The second-order valence-electron chi connectivity index (χ2n) is 4.71. The van der Waals surface area contributed by atoms with Gasteiger partial charge in [0, 0.05) is 5.38 Å². The number of hydrogen-bond acceptors (Lipinski definition) is 0. The molecule has 0 spiro atoms. The summed E-state index contributed by atoms with van der Waals surface area (Å²) < 4.78 is 0. The molecule has 1 rings (SSSR count). The van der Waals surface area contributed by atoms with Crippen LogP contribution in [0.4, 0.5) is 0 Å². The SMILES string of the molecule is CCC(C)C(C)C1CCCCC1Cl. The number of rotatable bonds is 3. The third kappa shape index (κ3) is 2.87. The van der Waals surface area contributed by atoms with E-state index in [-0.39, 0.29) is 0 Å². The fourth-order valence-electron chi connectivity index (χ4n) is 2.50. The summed E-state index contributed by atoms with van der Waals surface area (Å²) in [6.07, 6.45) is 6.64. The Morgan fingerprint density at radius 3 is 2.38 bits per heavy atom. The molecule has 0 saturated heterocycles. The topological polar surface area (TPSA) is 0 Å². The van der Waals surface area contributed by atoms with Gasteiger partial charge < -0.3 is 0 Å². The molecule has 0 bridgehead atoms. The maximum atomic E-state index is 6.38. The van der Waals surface area contributed by atoms with Gasteiger partial charge in [-0.15, -0.1) is 11.6 Å². The molecule has 1 heteroatoms. The van der Waals surface area contributed by atoms with E-state index in [1.807, 2.05) is 0 Å². The van der Waals surface area contributed by atoms with E-state index in [2.05, 4.69) is 20.8 Å². The highest BCUT2D eigenvalue weighted by molar-refractivity contribution is 6.20. The molecule has 0 radical (unpaired) electrons. The maximum absolute atomic E-state index is 6.38. The van der Waals surface area contributed by atoms with Crippen LogP contribution in [0.2, 0.25) is 0 Å². The number of alkyl halides is 1. The van der Waals surface area contributed by atoms with Gasteiger partial charge >= 0.3 is 0 Å². The molecule has 1 fully saturated rings. The summed E-state index contributed by atoms with van der Waals surface area (Å²) in [5.41, 5.74) is 0. The minimum Gasteiger partial charge on any atom is -0.123 e. The summed E-state index contributed by atoms with van der Waals surface area (Å²) in [5.74, 6) is 2.43. The lowest BCUT2D eigenvalue weighted by Crippen LogP contribution is -2.29. The molecule has 4 unspecified atom stereocenters. The number of halogens is 1. The van der Waals surface area contributed by atoms with Crippen molar-refractivity contribution in [2.75, 3.05) is 0 Å². The largest absolute Gasteiger partial charge is 0.123 e. The van der Waals surface area contributed by atoms with Crippen molar-refractivity contribution in [2.45, 2.75) is 58.3 Å². The molecular formula is C12H23Cl. The van der Waals surface area contributed by atoms with Crippen LogP contribution in [0.5, 0.6) is 0 Å². The van der Waals surface area contributed by atoms with Crippen LogP contribution in [0.15, 0.2) is 0 Å². The van der Waals surface area contributed by atoms with Crippen LogP contribution in [-0.4, -0.2) is 5.38 Å². The highest BCUT2D eigenvalue weighted by Gasteiger charge is 2.29. The fourth-order valence-corrected chi connectivity index (χ4v) is 3.01. The highest BCUT2D eigenvalue weighted by Crippen LogP contribution is 2.37. The van der Waals surface area contributed by atoms with Crippen molar-refractivity contribution in [3.8, 4) is 0 Å². The predicted octanol–water partition coefficient (Wildman–Crippen LogP) is 4.47. The van der Waals surface area contributed by atoms with Crippen LogP contribution in [0.1, 0.15) is 52.9 Å². The van der Waals surface area contributed by atoms with Crippen molar-refractivity contribution in [3.05, 3.63) is 0 Å². The van der Waals surface area contributed by atoms with Gasteiger partial charge in [0.2, 0.25) is 0 Å². The highest BCUT2D eigenvalue weighted by atomic mass is 35.5. The molecule has 0 amide bonds. The monoisotopic (exact) mass is 202 g/mol. The first-order valence-electron chi connectivity index (χ1n) is 5.80. The Hall–Kier alpha value is 0.290. The Balaban J connectivity index is 2.47. The van der Waals surface area contributed by atoms with Gasteiger partial charge in [0.1, 0.15) is 0 Å². The van der Waals surface area contributed by atoms with Crippen LogP contribution in [0, 0.1) is 17.8 Å². The Morgan fingerprint density at radius 1 is 1.23 bits per heavy atom. The molecule has 1 saturated carbocycles. The van der Waals surface area contributed by atoms with Crippen molar-refractivity contribution >= 4 is 11.6 Å². The Morgan fingerprint density at radius 2 is 1.85 bits per heavy atom. The van der Waals surface area contributed by atoms with Crippen molar-refractivity contribution in [1.82, 2.24) is 0 Å². The van der Waals surface area contributed by atoms with Crippen LogP contribution >= 0.6 is 11.6 Å². The van der Waals surface area contributed by atoms with Crippen molar-refractivity contribution in [3.63, 3.8) is 0 Å². The van der Waals surface area contributed by atoms with Crippen molar-refractivity contribution < 1.29 is 0 Å². The first kappa shape index (κ1) is 11.4. The van der Waals surface area contributed by atoms with Gasteiger partial charge in [0.15, 0.2) is 0 Å². The van der Waals surface area contributed by atoms with E-state index in [1.54, 1.807) is 0 Å². The molecule has 0 N–H and O–H groups in total. The minimum atomic E-state index is 0.456. The fraction of sp³-hybridized carbons (Fsp3) is 1.00. The average Bonchev–Trinajstić information content (AvgIpc) is 2.16. The lowest BCUT2D eigenvalue weighted by molar-refractivity contribution is 0.205. The molecule has 0 aromatic rings. The minimum absolute atomic E-state index is 0.456. The van der Waals surface area contributed by atoms with Gasteiger partial charge in [0.05, 0.1) is 0 Å². The zero-order valence-corrected chi connectivity index (χ0v) is 9.98. The molecule has 13 heavy (non-hydrogen) atoms. The van der Waals surface area contributed by atoms with Crippen LogP contribution in [0.25, 0.3) is 0 Å². The lowest BCUT2D eigenvalue weighted by atomic mass is 9.74. The predicted molar refractivity (Wildman–Crippen MR) is 60.2 cm³/mol. The summed E-state index contributed by atoms with van der Waals surface area (Å²) in [5, 5.41) is 0.456. The van der Waals surface area contributed by atoms with Crippen LogP contribution in [-0.2, 0) is 0 Å². The van der Waals surface area contributed by atoms with E-state index < -0.39 is 0 Å². The van der Waals surface area contributed by atoms with E-state index in [4.69, 9.17) is 11.6 Å². The van der Waals surface area contributed by atoms with Gasteiger partial charge in [-0.1, -0.05) is 40.0 Å². The second kappa shape index (κ2) is 5.24. The molecule has 0 aromatic heterocycles. The Bertz CT molecular complexity index is 144. The number of hydrogen-bond donors (Lipinski definition) is 0. The first-order valence-corrected chi connectivity index (χ1v) is 6.24. The molecule has 1 aliphatic rings. The van der Waals surface area contributed by atoms with Gasteiger partial charge in [0.25, 0.3) is 0 Å². The molecule has 4 atom stereocenters. The smallest absolute Gasteiger partial charge is 0.0366 e. The summed E-state index contributed by atoms with van der Waals surface area (Å²) in [6, 6.07) is 0. The van der Waals surface area contributed by atoms with E-state index in [9.17, 15) is 0 Å². The van der Waals surface area contributed by atoms with Gasteiger partial charge in [-0.05, 0) is 30.6 Å². The molecule has 0 aliphatic heterocycles. The summed E-state index contributed by atoms with van der Waals surface area (Å²) >= 11 is 6.38. The van der Waals surface area contributed by atoms with Crippen LogP contribution < -0.4 is 0 Å². The third-order valence-electron chi connectivity index (χ3n) is 3.95. The average molecular weight is 203 g/mol. The van der Waals surface area contributed by atoms with E-state index >= 15 is 0 Å². The molecule has 1 aliphatic carbocycles. The maximum Gasteiger partial charge on any atom is 0.0366 e. The third-order valence-corrected chi connectivity index (χ3v) is 4.49. The standard InChI is InChI=1S/C12H23Cl/c1-4-9(2)10(3)11-7-5-6-8-12(11)13/h9-12H,4-8H2,1-3H3. The van der Waals surface area contributed by atoms with Crippen molar-refractivity contribution in [2.24, 2.45) is 17.8 Å². The quantitative estimate of drug-likeness (QED) is 0.593. The molecular weight excluding hydrogens is 180 g/mol. The van der Waals surface area contributed by atoms with Gasteiger partial charge in [-0.25, -0.2) is 0 Å². The normalized spacial score (nSPS) is 34.2. The second-order valence-corrected chi connectivity index (χ2v) is 5.27. The summed E-state index contributed by atoms with van der Waals surface area (Å²) in [6.45, 7) is 7.04. The van der Waals surface area contributed by atoms with Gasteiger partial charge in [-0.3, -0.25) is 0 Å².